The van der Waals surface area contributed by atoms with Gasteiger partial charge in [-0.25, -0.2) is 0 Å². The summed E-state index contributed by atoms with van der Waals surface area (Å²) in [6.45, 7) is 20.6. The average molecular weight is 586 g/mol. The van der Waals surface area contributed by atoms with Crippen LogP contribution in [0.25, 0.3) is 27.5 Å². The van der Waals surface area contributed by atoms with Gasteiger partial charge >= 0.3 is 0 Å². The van der Waals surface area contributed by atoms with Gasteiger partial charge in [0.2, 0.25) is 0 Å². The quantitative estimate of drug-likeness (QED) is 0.0914. The van der Waals surface area contributed by atoms with Crippen molar-refractivity contribution in [1.82, 2.24) is 5.32 Å². The Bertz CT molecular complexity index is 1540. The van der Waals surface area contributed by atoms with E-state index in [0.29, 0.717) is 6.42 Å². The second-order valence-electron chi connectivity index (χ2n) is 11.6. The highest BCUT2D eigenvalue weighted by atomic mass is 16.1. The molecule has 230 valence electrons. The number of carbonyl (C=O) groups is 1. The standard InChI is InChI=1S/C42H51NO/c1-8-12-13-14-15-40(44)27-19-33(9-2)29-42(43-11-4)41(10-3)36-23-21-35(22-24-36)38-26-25-37-28-34(18-20-39(37)30-38)17-16-32(7)31(5)6/h11,18-30,43H,4-5,7-10,12-17H2,1-3,6H3/b27-19+,33-29+,42-41-. The van der Waals surface area contributed by atoms with Crippen LogP contribution in [0.1, 0.15) is 90.2 Å². The van der Waals surface area contributed by atoms with Crippen molar-refractivity contribution in [3.63, 3.8) is 0 Å². The fourth-order valence-electron chi connectivity index (χ4n) is 5.34. The van der Waals surface area contributed by atoms with Crippen molar-refractivity contribution < 1.29 is 4.79 Å². The van der Waals surface area contributed by atoms with Gasteiger partial charge in [0.1, 0.15) is 0 Å². The van der Waals surface area contributed by atoms with E-state index >= 15 is 0 Å². The van der Waals surface area contributed by atoms with Crippen LogP contribution in [0.5, 0.6) is 0 Å². The Morgan fingerprint density at radius 2 is 1.50 bits per heavy atom. The van der Waals surface area contributed by atoms with Crippen molar-refractivity contribution in [2.75, 3.05) is 0 Å². The highest BCUT2D eigenvalue weighted by Gasteiger charge is 2.09. The van der Waals surface area contributed by atoms with Crippen LogP contribution in [0.4, 0.5) is 0 Å². The summed E-state index contributed by atoms with van der Waals surface area (Å²) in [6, 6.07) is 22.3. The summed E-state index contributed by atoms with van der Waals surface area (Å²) in [5, 5.41) is 5.86. The van der Waals surface area contributed by atoms with Gasteiger partial charge in [0.25, 0.3) is 0 Å². The van der Waals surface area contributed by atoms with E-state index in [9.17, 15) is 4.79 Å². The third kappa shape index (κ3) is 10.2. The first kappa shape index (κ1) is 34.3. The molecule has 0 saturated carbocycles. The van der Waals surface area contributed by atoms with Crippen LogP contribution in [-0.2, 0) is 11.2 Å². The average Bonchev–Trinajstić information content (AvgIpc) is 3.04. The number of rotatable bonds is 18. The molecule has 0 heterocycles. The highest BCUT2D eigenvalue weighted by molar-refractivity contribution is 5.90. The molecule has 0 aliphatic rings. The lowest BCUT2D eigenvalue weighted by atomic mass is 9.95. The highest BCUT2D eigenvalue weighted by Crippen LogP contribution is 2.29. The first-order valence-electron chi connectivity index (χ1n) is 16.3. The van der Waals surface area contributed by atoms with Gasteiger partial charge in [-0.15, -0.1) is 0 Å². The maximum Gasteiger partial charge on any atom is 0.155 e. The lowest BCUT2D eigenvalue weighted by molar-refractivity contribution is -0.114. The van der Waals surface area contributed by atoms with Gasteiger partial charge in [-0.05, 0) is 108 Å². The van der Waals surface area contributed by atoms with Crippen molar-refractivity contribution in [1.29, 1.82) is 0 Å². The monoisotopic (exact) mass is 585 g/mol. The smallest absolute Gasteiger partial charge is 0.155 e. The van der Waals surface area contributed by atoms with E-state index in [-0.39, 0.29) is 5.78 Å². The Balaban J connectivity index is 1.81. The molecular weight excluding hydrogens is 534 g/mol. The van der Waals surface area contributed by atoms with Crippen LogP contribution in [0, 0.1) is 0 Å². The predicted molar refractivity (Wildman–Crippen MR) is 193 cm³/mol. The SMILES string of the molecule is C=CNC(/C=C(/C=C/C(=O)CCCCCC)CC)=C(/CC)c1ccc(-c2ccc3cc(CCC(=C)C(=C)C)ccc3c2)cc1. The van der Waals surface area contributed by atoms with E-state index in [2.05, 4.69) is 113 Å². The van der Waals surface area contributed by atoms with Crippen LogP contribution in [0.15, 0.2) is 127 Å². The number of aryl methyl sites for hydroxylation is 1. The fraction of sp³-hybridized carbons (Fsp3) is 0.310. The molecule has 0 fully saturated rings. The van der Waals surface area contributed by atoms with Gasteiger partial charge in [0, 0.05) is 12.1 Å². The van der Waals surface area contributed by atoms with Gasteiger partial charge < -0.3 is 5.32 Å². The Labute approximate surface area is 266 Å². The zero-order valence-electron chi connectivity index (χ0n) is 27.5. The molecule has 0 aliphatic heterocycles. The first-order valence-corrected chi connectivity index (χ1v) is 16.3. The fourth-order valence-corrected chi connectivity index (χ4v) is 5.34. The van der Waals surface area contributed by atoms with Gasteiger partial charge in [0.05, 0.1) is 0 Å². The number of ketones is 1. The summed E-state index contributed by atoms with van der Waals surface area (Å²) >= 11 is 0. The lowest BCUT2D eigenvalue weighted by Gasteiger charge is -2.14. The second kappa shape index (κ2) is 17.8. The third-order valence-electron chi connectivity index (χ3n) is 8.22. The number of hydrogen-bond acceptors (Lipinski definition) is 2. The molecule has 44 heavy (non-hydrogen) atoms. The first-order chi connectivity index (χ1) is 21.3. The Morgan fingerprint density at radius 1 is 0.795 bits per heavy atom. The molecule has 2 heteroatoms. The minimum absolute atomic E-state index is 0.202. The molecule has 1 N–H and O–H groups in total. The number of nitrogens with one attached hydrogen (secondary N) is 1. The minimum atomic E-state index is 0.202. The van der Waals surface area contributed by atoms with Crippen molar-refractivity contribution in [2.45, 2.75) is 85.5 Å². The maximum absolute atomic E-state index is 12.4. The zero-order valence-corrected chi connectivity index (χ0v) is 27.5. The van der Waals surface area contributed by atoms with Crippen molar-refractivity contribution >= 4 is 22.1 Å². The second-order valence-corrected chi connectivity index (χ2v) is 11.6. The van der Waals surface area contributed by atoms with Crippen molar-refractivity contribution in [3.8, 4) is 11.1 Å². The molecule has 0 aliphatic carbocycles. The summed E-state index contributed by atoms with van der Waals surface area (Å²) in [5.41, 5.74) is 10.4. The van der Waals surface area contributed by atoms with Crippen LogP contribution in [-0.4, -0.2) is 5.78 Å². The lowest BCUT2D eigenvalue weighted by Crippen LogP contribution is -2.06. The number of carbonyl (C=O) groups excluding carboxylic acids is 1. The van der Waals surface area contributed by atoms with Crippen LogP contribution >= 0.6 is 0 Å². The van der Waals surface area contributed by atoms with E-state index in [0.717, 1.165) is 60.9 Å². The zero-order chi connectivity index (χ0) is 31.9. The number of allylic oxidation sites excluding steroid dienone is 7. The summed E-state index contributed by atoms with van der Waals surface area (Å²) in [7, 11) is 0. The molecule has 0 unspecified atom stereocenters. The van der Waals surface area contributed by atoms with Crippen LogP contribution in [0.3, 0.4) is 0 Å². The summed E-state index contributed by atoms with van der Waals surface area (Å²) < 4.78 is 0. The van der Waals surface area contributed by atoms with E-state index in [1.54, 1.807) is 12.3 Å². The molecule has 0 atom stereocenters. The Kier molecular flexibility index (Phi) is 13.9. The van der Waals surface area contributed by atoms with Crippen molar-refractivity contribution in [2.24, 2.45) is 0 Å². The molecular formula is C42H51NO. The summed E-state index contributed by atoms with van der Waals surface area (Å²) in [5.74, 6) is 0.202. The maximum atomic E-state index is 12.4. The molecule has 0 spiro atoms. The summed E-state index contributed by atoms with van der Waals surface area (Å²) in [4.78, 5) is 12.4. The third-order valence-corrected chi connectivity index (χ3v) is 8.22. The van der Waals surface area contributed by atoms with E-state index in [4.69, 9.17) is 0 Å². The molecule has 0 radical (unpaired) electrons. The number of fused-ring (bicyclic) bond motifs is 1. The topological polar surface area (TPSA) is 29.1 Å². The minimum Gasteiger partial charge on any atom is -0.362 e. The Hall–Kier alpha value is -4.17. The van der Waals surface area contributed by atoms with Crippen LogP contribution in [0.2, 0.25) is 0 Å². The van der Waals surface area contributed by atoms with E-state index in [1.807, 2.05) is 13.0 Å². The van der Waals surface area contributed by atoms with Gasteiger partial charge in [-0.2, -0.15) is 0 Å². The largest absolute Gasteiger partial charge is 0.362 e. The molecule has 0 bridgehead atoms. The molecule has 0 aromatic heterocycles. The number of benzene rings is 3. The van der Waals surface area contributed by atoms with Gasteiger partial charge in [-0.1, -0.05) is 132 Å². The number of unbranched alkanes of at least 4 members (excludes halogenated alkanes) is 3. The van der Waals surface area contributed by atoms with Crippen LogP contribution < -0.4 is 5.32 Å². The summed E-state index contributed by atoms with van der Waals surface area (Å²) in [6.07, 6.45) is 16.3. The predicted octanol–water partition coefficient (Wildman–Crippen LogP) is 11.9. The molecule has 2 nitrogen and oxygen atoms in total. The van der Waals surface area contributed by atoms with E-state index < -0.39 is 0 Å². The van der Waals surface area contributed by atoms with Gasteiger partial charge in [-0.3, -0.25) is 4.79 Å². The molecule has 0 saturated heterocycles. The van der Waals surface area contributed by atoms with Crippen molar-refractivity contribution in [3.05, 3.63) is 138 Å². The molecule has 0 amide bonds. The molecule has 3 aromatic carbocycles. The molecule has 3 rings (SSSR count). The normalized spacial score (nSPS) is 12.3. The Morgan fingerprint density at radius 3 is 2.16 bits per heavy atom. The van der Waals surface area contributed by atoms with Gasteiger partial charge in [0.15, 0.2) is 5.78 Å². The van der Waals surface area contributed by atoms with E-state index in [1.165, 1.54) is 51.4 Å². The number of hydrogen-bond donors (Lipinski definition) is 1. The molecule has 3 aromatic rings.